The molecule has 0 aromatic carbocycles. The molecule has 4 aliphatic rings. The topological polar surface area (TPSA) is 72.8 Å². The van der Waals surface area contributed by atoms with Gasteiger partial charge in [-0.25, -0.2) is 4.79 Å². The van der Waals surface area contributed by atoms with Crippen molar-refractivity contribution < 1.29 is 24.2 Å². The molecule has 10 atom stereocenters. The third kappa shape index (κ3) is 2.33. The van der Waals surface area contributed by atoms with Crippen molar-refractivity contribution >= 4 is 11.9 Å². The van der Waals surface area contributed by atoms with Gasteiger partial charge in [0.05, 0.1) is 24.7 Å². The first-order chi connectivity index (χ1) is 12.0. The summed E-state index contributed by atoms with van der Waals surface area (Å²) < 4.78 is 11.8. The van der Waals surface area contributed by atoms with Crippen LogP contribution in [0.5, 0.6) is 0 Å². The Kier molecular flexibility index (Phi) is 4.07. The van der Waals surface area contributed by atoms with E-state index in [-0.39, 0.29) is 41.8 Å². The van der Waals surface area contributed by atoms with Crippen LogP contribution < -0.4 is 0 Å². The Morgan fingerprint density at radius 1 is 1.16 bits per heavy atom. The second-order valence-corrected chi connectivity index (χ2v) is 8.30. The molecule has 2 saturated heterocycles. The average Bonchev–Trinajstić information content (AvgIpc) is 3.29. The minimum Gasteiger partial charge on any atom is -0.472 e. The van der Waals surface area contributed by atoms with E-state index in [1.165, 1.54) is 0 Å². The second-order valence-electron chi connectivity index (χ2n) is 8.30. The Bertz CT molecular complexity index is 646. The van der Waals surface area contributed by atoms with Crippen LogP contribution in [-0.2, 0) is 19.1 Å². The Morgan fingerprint density at radius 2 is 1.80 bits per heavy atom. The SMILES string of the molecule is CCCOC(=O)C1C(C#CC(=O)O)C2CC1C1C3OC(C(C)C3C)C21. The highest BCUT2D eigenvalue weighted by molar-refractivity contribution is 5.86. The van der Waals surface area contributed by atoms with E-state index in [2.05, 4.69) is 25.7 Å². The Labute approximate surface area is 148 Å². The maximum atomic E-state index is 12.7. The molecule has 5 nitrogen and oxygen atoms in total. The Balaban J connectivity index is 1.65. The molecule has 0 aromatic rings. The molecule has 0 radical (unpaired) electrons. The maximum absolute atomic E-state index is 12.7. The molecule has 10 unspecified atom stereocenters. The molecule has 0 aromatic heterocycles. The molecule has 1 N–H and O–H groups in total. The molecule has 2 heterocycles. The van der Waals surface area contributed by atoms with Gasteiger partial charge in [0.15, 0.2) is 0 Å². The first-order valence-corrected chi connectivity index (χ1v) is 9.52. The van der Waals surface area contributed by atoms with Crippen LogP contribution in [0.4, 0.5) is 0 Å². The number of carboxylic acids is 1. The van der Waals surface area contributed by atoms with Crippen molar-refractivity contribution in [1.29, 1.82) is 0 Å². The molecule has 4 fully saturated rings. The molecule has 5 heteroatoms. The van der Waals surface area contributed by atoms with Gasteiger partial charge in [0, 0.05) is 11.8 Å². The monoisotopic (exact) mass is 346 g/mol. The lowest BCUT2D eigenvalue weighted by Gasteiger charge is -2.42. The van der Waals surface area contributed by atoms with Crippen LogP contribution in [0.2, 0.25) is 0 Å². The minimum absolute atomic E-state index is 0.194. The van der Waals surface area contributed by atoms with Gasteiger partial charge in [-0.2, -0.15) is 0 Å². The van der Waals surface area contributed by atoms with Crippen LogP contribution in [0.25, 0.3) is 0 Å². The summed E-state index contributed by atoms with van der Waals surface area (Å²) in [6.07, 6.45) is 2.21. The zero-order valence-electron chi connectivity index (χ0n) is 15.0. The van der Waals surface area contributed by atoms with Gasteiger partial charge < -0.3 is 14.6 Å². The summed E-state index contributed by atoms with van der Waals surface area (Å²) in [7, 11) is 0. The molecule has 2 aliphatic heterocycles. The third-order valence-electron chi connectivity index (χ3n) is 7.29. The number of carbonyl (C=O) groups is 2. The van der Waals surface area contributed by atoms with E-state index in [0.29, 0.717) is 30.3 Å². The van der Waals surface area contributed by atoms with Crippen molar-refractivity contribution in [3.8, 4) is 11.8 Å². The summed E-state index contributed by atoms with van der Waals surface area (Å²) in [5, 5.41) is 8.97. The number of carboxylic acid groups (broad SMARTS) is 1. The highest BCUT2D eigenvalue weighted by Gasteiger charge is 2.70. The molecular formula is C20H26O5. The van der Waals surface area contributed by atoms with Gasteiger partial charge in [-0.3, -0.25) is 4.79 Å². The normalized spacial score (nSPS) is 48.8. The number of rotatable bonds is 3. The molecule has 2 saturated carbocycles. The number of ether oxygens (including phenoxy) is 2. The number of fused-ring (bicyclic) bond motifs is 9. The third-order valence-corrected chi connectivity index (χ3v) is 7.29. The lowest BCUT2D eigenvalue weighted by atomic mass is 9.59. The van der Waals surface area contributed by atoms with Gasteiger partial charge in [-0.05, 0) is 48.3 Å². The van der Waals surface area contributed by atoms with Crippen LogP contribution in [-0.4, -0.2) is 35.9 Å². The molecule has 0 amide bonds. The van der Waals surface area contributed by atoms with Crippen LogP contribution in [0.1, 0.15) is 33.6 Å². The smallest absolute Gasteiger partial charge is 0.381 e. The standard InChI is InChI=1S/C20H26O5/c1-4-7-24-20(23)15-11(5-6-14(21)22)12-8-13(15)17-16(12)18-9(2)10(3)19(17)25-18/h9-13,15-19H,4,7-8H2,1-3H3,(H,21,22). The van der Waals surface area contributed by atoms with E-state index in [1.807, 2.05) is 6.92 Å². The fourth-order valence-electron chi connectivity index (χ4n) is 6.30. The predicted octanol–water partition coefficient (Wildman–Crippen LogP) is 2.20. The van der Waals surface area contributed by atoms with E-state index in [4.69, 9.17) is 14.6 Å². The highest BCUT2D eigenvalue weighted by atomic mass is 16.5. The molecule has 4 rings (SSSR count). The van der Waals surface area contributed by atoms with Crippen molar-refractivity contribution in [3.63, 3.8) is 0 Å². The molecular weight excluding hydrogens is 320 g/mol. The van der Waals surface area contributed by atoms with Crippen molar-refractivity contribution in [2.75, 3.05) is 6.61 Å². The van der Waals surface area contributed by atoms with Crippen LogP contribution in [0.3, 0.4) is 0 Å². The van der Waals surface area contributed by atoms with Gasteiger partial charge in [-0.1, -0.05) is 26.7 Å². The van der Waals surface area contributed by atoms with Crippen LogP contribution in [0, 0.1) is 59.2 Å². The van der Waals surface area contributed by atoms with Gasteiger partial charge in [-0.15, -0.1) is 0 Å². The number of hydrogen-bond donors (Lipinski definition) is 1. The first kappa shape index (κ1) is 16.9. The van der Waals surface area contributed by atoms with Crippen LogP contribution >= 0.6 is 0 Å². The zero-order chi connectivity index (χ0) is 17.9. The lowest BCUT2D eigenvalue weighted by molar-refractivity contribution is -0.153. The van der Waals surface area contributed by atoms with Crippen molar-refractivity contribution in [3.05, 3.63) is 0 Å². The molecule has 4 bridgehead atoms. The highest BCUT2D eigenvalue weighted by Crippen LogP contribution is 2.68. The van der Waals surface area contributed by atoms with Crippen molar-refractivity contribution in [2.24, 2.45) is 47.3 Å². The van der Waals surface area contributed by atoms with Gasteiger partial charge in [0.25, 0.3) is 0 Å². The number of carbonyl (C=O) groups excluding carboxylic acids is 1. The summed E-state index contributed by atoms with van der Waals surface area (Å²) in [6.45, 7) is 6.89. The number of hydrogen-bond acceptors (Lipinski definition) is 4. The van der Waals surface area contributed by atoms with Crippen LogP contribution in [0.15, 0.2) is 0 Å². The second kappa shape index (κ2) is 6.02. The van der Waals surface area contributed by atoms with Gasteiger partial charge in [0.1, 0.15) is 0 Å². The molecule has 25 heavy (non-hydrogen) atoms. The average molecular weight is 346 g/mol. The van der Waals surface area contributed by atoms with E-state index in [1.54, 1.807) is 0 Å². The first-order valence-electron chi connectivity index (χ1n) is 9.52. The summed E-state index contributed by atoms with van der Waals surface area (Å²) in [5.74, 6) is 5.69. The number of esters is 1. The molecule has 0 spiro atoms. The van der Waals surface area contributed by atoms with Crippen molar-refractivity contribution in [2.45, 2.75) is 45.8 Å². The minimum atomic E-state index is -1.13. The molecule has 136 valence electrons. The summed E-state index contributed by atoms with van der Waals surface area (Å²) in [6, 6.07) is 0. The summed E-state index contributed by atoms with van der Waals surface area (Å²) in [4.78, 5) is 23.7. The van der Waals surface area contributed by atoms with E-state index in [0.717, 1.165) is 12.8 Å². The predicted molar refractivity (Wildman–Crippen MR) is 89.2 cm³/mol. The Hall–Kier alpha value is -1.54. The fraction of sp³-hybridized carbons (Fsp3) is 0.800. The van der Waals surface area contributed by atoms with E-state index < -0.39 is 5.97 Å². The van der Waals surface area contributed by atoms with E-state index >= 15 is 0 Å². The largest absolute Gasteiger partial charge is 0.472 e. The zero-order valence-corrected chi connectivity index (χ0v) is 15.0. The summed E-state index contributed by atoms with van der Waals surface area (Å²) >= 11 is 0. The Morgan fingerprint density at radius 3 is 2.40 bits per heavy atom. The van der Waals surface area contributed by atoms with E-state index in [9.17, 15) is 9.59 Å². The quantitative estimate of drug-likeness (QED) is 0.626. The molecule has 2 aliphatic carbocycles. The maximum Gasteiger partial charge on any atom is 0.381 e. The fourth-order valence-corrected chi connectivity index (χ4v) is 6.30. The van der Waals surface area contributed by atoms with Gasteiger partial charge in [0.2, 0.25) is 0 Å². The number of aliphatic carboxylic acids is 1. The lowest BCUT2D eigenvalue weighted by Crippen LogP contribution is -2.47. The van der Waals surface area contributed by atoms with Gasteiger partial charge >= 0.3 is 11.9 Å². The van der Waals surface area contributed by atoms with Crippen molar-refractivity contribution in [1.82, 2.24) is 0 Å². The summed E-state index contributed by atoms with van der Waals surface area (Å²) in [5.41, 5.74) is 0.